The number of terminal acetylenes is 1. The normalized spacial score (nSPS) is 17.5. The first-order valence-electron chi connectivity index (χ1n) is 7.05. The van der Waals surface area contributed by atoms with Crippen LogP contribution in [-0.2, 0) is 10.0 Å². The Balaban J connectivity index is 1.74. The van der Waals surface area contributed by atoms with Gasteiger partial charge in [-0.25, -0.2) is 13.1 Å². The lowest BCUT2D eigenvalue weighted by molar-refractivity contribution is 0.146. The molecule has 0 saturated carbocycles. The van der Waals surface area contributed by atoms with Gasteiger partial charge < -0.3 is 0 Å². The van der Waals surface area contributed by atoms with Crippen LogP contribution in [0.5, 0.6) is 0 Å². The van der Waals surface area contributed by atoms with E-state index in [1.54, 1.807) is 30.3 Å². The molecule has 0 aliphatic carbocycles. The van der Waals surface area contributed by atoms with Gasteiger partial charge in [0.25, 0.3) is 0 Å². The van der Waals surface area contributed by atoms with Crippen molar-refractivity contribution in [2.45, 2.75) is 4.90 Å². The summed E-state index contributed by atoms with van der Waals surface area (Å²) in [5, 5.41) is 0. The summed E-state index contributed by atoms with van der Waals surface area (Å²) < 4.78 is 26.7. The van der Waals surface area contributed by atoms with Crippen molar-refractivity contribution in [1.82, 2.24) is 14.5 Å². The van der Waals surface area contributed by atoms with Gasteiger partial charge in [0.05, 0.1) is 11.4 Å². The van der Waals surface area contributed by atoms with E-state index in [1.165, 1.54) is 0 Å². The maximum atomic E-state index is 12.1. The van der Waals surface area contributed by atoms with Gasteiger partial charge in [-0.3, -0.25) is 9.80 Å². The molecule has 5 nitrogen and oxygen atoms in total. The van der Waals surface area contributed by atoms with Crippen molar-refractivity contribution in [3.05, 3.63) is 30.3 Å². The molecule has 0 radical (unpaired) electrons. The van der Waals surface area contributed by atoms with Crippen LogP contribution >= 0.6 is 0 Å². The maximum Gasteiger partial charge on any atom is 0.240 e. The zero-order chi connectivity index (χ0) is 15.1. The third-order valence-corrected chi connectivity index (χ3v) is 5.03. The first kappa shape index (κ1) is 16.0. The van der Waals surface area contributed by atoms with E-state index in [9.17, 15) is 8.42 Å². The number of benzene rings is 1. The second kappa shape index (κ2) is 7.57. The highest BCUT2D eigenvalue weighted by Crippen LogP contribution is 2.07. The first-order chi connectivity index (χ1) is 10.1. The van der Waals surface area contributed by atoms with Gasteiger partial charge in [-0.05, 0) is 12.1 Å². The Kier molecular flexibility index (Phi) is 5.76. The number of hydrogen-bond acceptors (Lipinski definition) is 4. The van der Waals surface area contributed by atoms with Crippen LogP contribution in [0.15, 0.2) is 35.2 Å². The van der Waals surface area contributed by atoms with E-state index in [2.05, 4.69) is 20.4 Å². The molecule has 1 fully saturated rings. The predicted molar refractivity (Wildman–Crippen MR) is 83.3 cm³/mol. The number of nitrogens with zero attached hydrogens (tertiary/aromatic N) is 2. The fourth-order valence-corrected chi connectivity index (χ4v) is 3.36. The highest BCUT2D eigenvalue weighted by molar-refractivity contribution is 7.89. The lowest BCUT2D eigenvalue weighted by Gasteiger charge is -2.33. The van der Waals surface area contributed by atoms with Crippen LogP contribution in [0.25, 0.3) is 0 Å². The predicted octanol–water partition coefficient (Wildman–Crippen LogP) is 0.216. The summed E-state index contributed by atoms with van der Waals surface area (Å²) in [6, 6.07) is 8.44. The maximum absolute atomic E-state index is 12.1. The fraction of sp³-hybridized carbons (Fsp3) is 0.467. The summed E-state index contributed by atoms with van der Waals surface area (Å²) in [6.45, 7) is 5.56. The van der Waals surface area contributed by atoms with E-state index in [1.807, 2.05) is 0 Å². The standard InChI is InChI=1S/C15H21N3O2S/c1-2-9-17-11-13-18(14-12-17)10-8-16-21(19,20)15-6-4-3-5-7-15/h1,3-7,16H,8-14H2. The Hall–Kier alpha value is -1.39. The van der Waals surface area contributed by atoms with E-state index in [0.717, 1.165) is 32.7 Å². The summed E-state index contributed by atoms with van der Waals surface area (Å²) in [5.74, 6) is 2.65. The molecule has 6 heteroatoms. The van der Waals surface area contributed by atoms with Crippen molar-refractivity contribution >= 4 is 10.0 Å². The van der Waals surface area contributed by atoms with Gasteiger partial charge in [-0.15, -0.1) is 6.42 Å². The average molecular weight is 307 g/mol. The third kappa shape index (κ3) is 4.83. The summed E-state index contributed by atoms with van der Waals surface area (Å²) in [4.78, 5) is 4.79. The molecule has 114 valence electrons. The minimum absolute atomic E-state index is 0.309. The van der Waals surface area contributed by atoms with Gasteiger partial charge in [-0.2, -0.15) is 0 Å². The van der Waals surface area contributed by atoms with Crippen molar-refractivity contribution in [2.75, 3.05) is 45.8 Å². The molecule has 0 amide bonds. The quantitative estimate of drug-likeness (QED) is 0.764. The lowest BCUT2D eigenvalue weighted by atomic mass is 10.3. The van der Waals surface area contributed by atoms with E-state index in [0.29, 0.717) is 18.0 Å². The number of nitrogens with one attached hydrogen (secondary N) is 1. The molecular weight excluding hydrogens is 286 g/mol. The van der Waals surface area contributed by atoms with Crippen LogP contribution in [-0.4, -0.2) is 64.0 Å². The molecule has 2 rings (SSSR count). The highest BCUT2D eigenvalue weighted by Gasteiger charge is 2.17. The molecule has 0 atom stereocenters. The lowest BCUT2D eigenvalue weighted by Crippen LogP contribution is -2.48. The van der Waals surface area contributed by atoms with E-state index in [4.69, 9.17) is 6.42 Å². The van der Waals surface area contributed by atoms with Crippen LogP contribution in [0.1, 0.15) is 0 Å². The van der Waals surface area contributed by atoms with Crippen molar-refractivity contribution in [3.63, 3.8) is 0 Å². The summed E-state index contributed by atoms with van der Waals surface area (Å²) in [5.41, 5.74) is 0. The Labute approximate surface area is 127 Å². The molecular formula is C15H21N3O2S. The van der Waals surface area contributed by atoms with Gasteiger partial charge >= 0.3 is 0 Å². The Morgan fingerprint density at radius 1 is 1.10 bits per heavy atom. The van der Waals surface area contributed by atoms with Gasteiger partial charge in [0, 0.05) is 39.3 Å². The molecule has 21 heavy (non-hydrogen) atoms. The van der Waals surface area contributed by atoms with Crippen LogP contribution in [0.2, 0.25) is 0 Å². The summed E-state index contributed by atoms with van der Waals surface area (Å²) >= 11 is 0. The van der Waals surface area contributed by atoms with Gasteiger partial charge in [0.15, 0.2) is 0 Å². The van der Waals surface area contributed by atoms with Crippen molar-refractivity contribution in [1.29, 1.82) is 0 Å². The minimum Gasteiger partial charge on any atom is -0.299 e. The van der Waals surface area contributed by atoms with Crippen LogP contribution in [0.4, 0.5) is 0 Å². The zero-order valence-corrected chi connectivity index (χ0v) is 12.8. The minimum atomic E-state index is -3.39. The molecule has 1 saturated heterocycles. The van der Waals surface area contributed by atoms with E-state index < -0.39 is 10.0 Å². The van der Waals surface area contributed by atoms with Crippen LogP contribution in [0, 0.1) is 12.3 Å². The Morgan fingerprint density at radius 3 is 2.33 bits per heavy atom. The number of piperazine rings is 1. The van der Waals surface area contributed by atoms with Gasteiger partial charge in [0.1, 0.15) is 0 Å². The molecule has 0 spiro atoms. The molecule has 0 unspecified atom stereocenters. The van der Waals surface area contributed by atoms with Crippen LogP contribution in [0.3, 0.4) is 0 Å². The van der Waals surface area contributed by atoms with Crippen molar-refractivity contribution in [2.24, 2.45) is 0 Å². The number of rotatable bonds is 6. The molecule has 0 bridgehead atoms. The van der Waals surface area contributed by atoms with E-state index >= 15 is 0 Å². The first-order valence-corrected chi connectivity index (χ1v) is 8.53. The largest absolute Gasteiger partial charge is 0.299 e. The fourth-order valence-electron chi connectivity index (χ4n) is 2.32. The molecule has 1 aliphatic heterocycles. The average Bonchev–Trinajstić information content (AvgIpc) is 2.50. The van der Waals surface area contributed by atoms with Crippen molar-refractivity contribution < 1.29 is 8.42 Å². The second-order valence-corrected chi connectivity index (χ2v) is 6.80. The second-order valence-electron chi connectivity index (χ2n) is 5.03. The van der Waals surface area contributed by atoms with E-state index in [-0.39, 0.29) is 0 Å². The summed E-state index contributed by atoms with van der Waals surface area (Å²) in [6.07, 6.45) is 5.30. The Bertz CT molecular complexity index is 573. The van der Waals surface area contributed by atoms with Crippen molar-refractivity contribution in [3.8, 4) is 12.3 Å². The Morgan fingerprint density at radius 2 is 1.71 bits per heavy atom. The van der Waals surface area contributed by atoms with Crippen LogP contribution < -0.4 is 4.72 Å². The molecule has 1 aromatic rings. The highest BCUT2D eigenvalue weighted by atomic mass is 32.2. The molecule has 0 aromatic heterocycles. The summed E-state index contributed by atoms with van der Waals surface area (Å²) in [7, 11) is -3.39. The van der Waals surface area contributed by atoms with Gasteiger partial charge in [0.2, 0.25) is 10.0 Å². The number of sulfonamides is 1. The smallest absolute Gasteiger partial charge is 0.240 e. The van der Waals surface area contributed by atoms with Gasteiger partial charge in [-0.1, -0.05) is 24.1 Å². The topological polar surface area (TPSA) is 52.6 Å². The molecule has 1 heterocycles. The monoisotopic (exact) mass is 307 g/mol. The molecule has 1 aromatic carbocycles. The molecule has 1 N–H and O–H groups in total. The SMILES string of the molecule is C#CCN1CCN(CCNS(=O)(=O)c2ccccc2)CC1. The molecule has 1 aliphatic rings. The third-order valence-electron chi connectivity index (χ3n) is 3.55. The number of hydrogen-bond donors (Lipinski definition) is 1. The zero-order valence-electron chi connectivity index (χ0n) is 12.0.